The average molecular weight is 375 g/mol. The third-order valence-corrected chi connectivity index (χ3v) is 4.80. The van der Waals surface area contributed by atoms with Crippen LogP contribution in [-0.4, -0.2) is 31.7 Å². The SMILES string of the molecule is COc1cc(OC)cc(C(=O)Nc2ccc(N3CCc4ccccc43)cn2)c1. The van der Waals surface area contributed by atoms with Crippen LogP contribution in [0.4, 0.5) is 17.2 Å². The highest BCUT2D eigenvalue weighted by Gasteiger charge is 2.20. The third-order valence-electron chi connectivity index (χ3n) is 4.80. The molecule has 0 aliphatic carbocycles. The molecule has 1 aliphatic rings. The van der Waals surface area contributed by atoms with Gasteiger partial charge in [0.05, 0.1) is 26.1 Å². The average Bonchev–Trinajstić information content (AvgIpc) is 3.18. The predicted octanol–water partition coefficient (Wildman–Crippen LogP) is 4.05. The maximum Gasteiger partial charge on any atom is 0.257 e. The number of carbonyl (C=O) groups excluding carboxylic acids is 1. The van der Waals surface area contributed by atoms with Crippen LogP contribution in [0.5, 0.6) is 11.5 Å². The quantitative estimate of drug-likeness (QED) is 0.729. The highest BCUT2D eigenvalue weighted by atomic mass is 16.5. The molecule has 0 saturated carbocycles. The number of nitrogens with zero attached hydrogens (tertiary/aromatic N) is 2. The fraction of sp³-hybridized carbons (Fsp3) is 0.182. The zero-order valence-electron chi connectivity index (χ0n) is 15.8. The molecule has 28 heavy (non-hydrogen) atoms. The van der Waals surface area contributed by atoms with Crippen molar-refractivity contribution in [3.63, 3.8) is 0 Å². The molecule has 142 valence electrons. The second kappa shape index (κ2) is 7.60. The lowest BCUT2D eigenvalue weighted by atomic mass is 10.2. The van der Waals surface area contributed by atoms with Crippen molar-refractivity contribution in [1.82, 2.24) is 4.98 Å². The number of aromatic nitrogens is 1. The molecule has 1 amide bonds. The Kier molecular flexibility index (Phi) is 4.85. The molecule has 0 radical (unpaired) electrons. The number of rotatable bonds is 5. The Bertz CT molecular complexity index is 980. The van der Waals surface area contributed by atoms with Crippen LogP contribution in [0.1, 0.15) is 15.9 Å². The summed E-state index contributed by atoms with van der Waals surface area (Å²) in [5.74, 6) is 1.33. The van der Waals surface area contributed by atoms with Gasteiger partial charge in [-0.2, -0.15) is 0 Å². The molecule has 2 aromatic carbocycles. The molecule has 0 saturated heterocycles. The Balaban J connectivity index is 1.50. The third kappa shape index (κ3) is 3.49. The van der Waals surface area contributed by atoms with Gasteiger partial charge in [-0.05, 0) is 42.3 Å². The van der Waals surface area contributed by atoms with Crippen molar-refractivity contribution in [2.45, 2.75) is 6.42 Å². The number of hydrogen-bond acceptors (Lipinski definition) is 5. The summed E-state index contributed by atoms with van der Waals surface area (Å²) in [6.45, 7) is 0.927. The molecule has 0 fully saturated rings. The van der Waals surface area contributed by atoms with Crippen molar-refractivity contribution in [2.75, 3.05) is 31.0 Å². The van der Waals surface area contributed by atoms with Gasteiger partial charge in [0, 0.05) is 23.9 Å². The van der Waals surface area contributed by atoms with Crippen molar-refractivity contribution >= 4 is 23.1 Å². The first-order chi connectivity index (χ1) is 13.7. The lowest BCUT2D eigenvalue weighted by molar-refractivity contribution is 0.102. The first-order valence-electron chi connectivity index (χ1n) is 9.04. The van der Waals surface area contributed by atoms with E-state index in [0.29, 0.717) is 22.9 Å². The predicted molar refractivity (Wildman–Crippen MR) is 109 cm³/mol. The first-order valence-corrected chi connectivity index (χ1v) is 9.04. The van der Waals surface area contributed by atoms with E-state index in [4.69, 9.17) is 9.47 Å². The number of pyridine rings is 1. The van der Waals surface area contributed by atoms with Gasteiger partial charge in [0.2, 0.25) is 0 Å². The van der Waals surface area contributed by atoms with Crippen molar-refractivity contribution in [3.8, 4) is 11.5 Å². The molecule has 4 rings (SSSR count). The van der Waals surface area contributed by atoms with E-state index in [-0.39, 0.29) is 5.91 Å². The molecule has 0 bridgehead atoms. The fourth-order valence-corrected chi connectivity index (χ4v) is 3.35. The van der Waals surface area contributed by atoms with E-state index in [1.807, 2.05) is 18.2 Å². The van der Waals surface area contributed by atoms with Crippen LogP contribution in [0.15, 0.2) is 60.8 Å². The van der Waals surface area contributed by atoms with Crippen LogP contribution in [0.25, 0.3) is 0 Å². The van der Waals surface area contributed by atoms with E-state index < -0.39 is 0 Å². The molecule has 2 heterocycles. The van der Waals surface area contributed by atoms with Crippen LogP contribution < -0.4 is 19.7 Å². The lowest BCUT2D eigenvalue weighted by Gasteiger charge is -2.19. The van der Waals surface area contributed by atoms with Crippen LogP contribution in [0.3, 0.4) is 0 Å². The second-order valence-corrected chi connectivity index (χ2v) is 6.49. The standard InChI is InChI=1S/C22H21N3O3/c1-27-18-11-16(12-19(13-18)28-2)22(26)24-21-8-7-17(14-23-21)25-10-9-15-5-3-4-6-20(15)25/h3-8,11-14H,9-10H2,1-2H3,(H,23,24,26). The van der Waals surface area contributed by atoms with Gasteiger partial charge >= 0.3 is 0 Å². The normalized spacial score (nSPS) is 12.4. The maximum atomic E-state index is 12.6. The topological polar surface area (TPSA) is 63.7 Å². The summed E-state index contributed by atoms with van der Waals surface area (Å²) in [6, 6.07) is 17.2. The number of benzene rings is 2. The van der Waals surface area contributed by atoms with Crippen LogP contribution in [-0.2, 0) is 6.42 Å². The molecule has 3 aromatic rings. The minimum absolute atomic E-state index is 0.274. The van der Waals surface area contributed by atoms with E-state index in [1.54, 1.807) is 38.6 Å². The molecule has 0 spiro atoms. The molecular formula is C22H21N3O3. The van der Waals surface area contributed by atoms with E-state index in [1.165, 1.54) is 11.3 Å². The molecule has 1 aromatic heterocycles. The monoisotopic (exact) mass is 375 g/mol. The van der Waals surface area contributed by atoms with Gasteiger partial charge in [0.25, 0.3) is 5.91 Å². The summed E-state index contributed by atoms with van der Waals surface area (Å²) in [4.78, 5) is 19.2. The van der Waals surface area contributed by atoms with Gasteiger partial charge in [0.1, 0.15) is 17.3 Å². The Hall–Kier alpha value is -3.54. The Morgan fingerprint density at radius 1 is 1.04 bits per heavy atom. The van der Waals surface area contributed by atoms with E-state index in [0.717, 1.165) is 18.7 Å². The fourth-order valence-electron chi connectivity index (χ4n) is 3.35. The largest absolute Gasteiger partial charge is 0.497 e. The van der Waals surface area contributed by atoms with Crippen molar-refractivity contribution in [1.29, 1.82) is 0 Å². The molecular weight excluding hydrogens is 354 g/mol. The molecule has 6 heteroatoms. The summed E-state index contributed by atoms with van der Waals surface area (Å²) in [5.41, 5.74) is 4.00. The summed E-state index contributed by atoms with van der Waals surface area (Å²) < 4.78 is 10.4. The number of fused-ring (bicyclic) bond motifs is 1. The number of para-hydroxylation sites is 1. The van der Waals surface area contributed by atoms with Gasteiger partial charge in [-0.25, -0.2) is 4.98 Å². The zero-order chi connectivity index (χ0) is 19.5. The zero-order valence-corrected chi connectivity index (χ0v) is 15.8. The smallest absolute Gasteiger partial charge is 0.257 e. The van der Waals surface area contributed by atoms with Crippen LogP contribution in [0.2, 0.25) is 0 Å². The van der Waals surface area contributed by atoms with E-state index in [2.05, 4.69) is 33.4 Å². The number of nitrogens with one attached hydrogen (secondary N) is 1. The second-order valence-electron chi connectivity index (χ2n) is 6.49. The Labute approximate surface area is 163 Å². The van der Waals surface area contributed by atoms with E-state index >= 15 is 0 Å². The van der Waals surface area contributed by atoms with Gasteiger partial charge in [-0.3, -0.25) is 4.79 Å². The Morgan fingerprint density at radius 2 is 1.79 bits per heavy atom. The van der Waals surface area contributed by atoms with Gasteiger partial charge < -0.3 is 19.7 Å². The number of hydrogen-bond donors (Lipinski definition) is 1. The van der Waals surface area contributed by atoms with Gasteiger partial charge in [-0.1, -0.05) is 18.2 Å². The summed E-state index contributed by atoms with van der Waals surface area (Å²) >= 11 is 0. The first kappa shape index (κ1) is 17.9. The minimum Gasteiger partial charge on any atom is -0.497 e. The van der Waals surface area contributed by atoms with E-state index in [9.17, 15) is 4.79 Å². The van der Waals surface area contributed by atoms with Crippen molar-refractivity contribution in [2.24, 2.45) is 0 Å². The van der Waals surface area contributed by atoms with Crippen LogP contribution >= 0.6 is 0 Å². The van der Waals surface area contributed by atoms with Crippen molar-refractivity contribution in [3.05, 3.63) is 71.9 Å². The van der Waals surface area contributed by atoms with Crippen LogP contribution in [0, 0.1) is 0 Å². The summed E-state index contributed by atoms with van der Waals surface area (Å²) in [5, 5.41) is 2.82. The highest BCUT2D eigenvalue weighted by molar-refractivity contribution is 6.04. The molecule has 1 N–H and O–H groups in total. The number of methoxy groups -OCH3 is 2. The Morgan fingerprint density at radius 3 is 2.46 bits per heavy atom. The molecule has 0 unspecified atom stereocenters. The van der Waals surface area contributed by atoms with Crippen molar-refractivity contribution < 1.29 is 14.3 Å². The van der Waals surface area contributed by atoms with Gasteiger partial charge in [-0.15, -0.1) is 0 Å². The number of anilines is 3. The number of amides is 1. The minimum atomic E-state index is -0.274. The molecule has 0 atom stereocenters. The number of carbonyl (C=O) groups is 1. The lowest BCUT2D eigenvalue weighted by Crippen LogP contribution is -2.15. The summed E-state index contributed by atoms with van der Waals surface area (Å²) in [7, 11) is 3.10. The maximum absolute atomic E-state index is 12.6. The molecule has 6 nitrogen and oxygen atoms in total. The number of ether oxygens (including phenoxy) is 2. The summed E-state index contributed by atoms with van der Waals surface area (Å²) in [6.07, 6.45) is 2.80. The van der Waals surface area contributed by atoms with Gasteiger partial charge in [0.15, 0.2) is 0 Å². The molecule has 1 aliphatic heterocycles. The highest BCUT2D eigenvalue weighted by Crippen LogP contribution is 2.34.